The number of hydrogen-bond acceptors (Lipinski definition) is 4. The number of sulfone groups is 1. The molecule has 1 saturated carbocycles. The molecule has 0 aromatic rings. The lowest BCUT2D eigenvalue weighted by Crippen LogP contribution is -2.50. The molecule has 6 nitrogen and oxygen atoms in total. The molecule has 0 heterocycles. The first-order valence-corrected chi connectivity index (χ1v) is 7.38. The van der Waals surface area contributed by atoms with Gasteiger partial charge >= 0.3 is 5.97 Å². The molecule has 0 aromatic carbocycles. The first-order chi connectivity index (χ1) is 7.79. The van der Waals surface area contributed by atoms with Crippen molar-refractivity contribution >= 4 is 21.7 Å². The molecule has 0 unspecified atom stereocenters. The van der Waals surface area contributed by atoms with Crippen molar-refractivity contribution in [3.8, 4) is 0 Å². The Morgan fingerprint density at radius 1 is 1.29 bits per heavy atom. The molecular weight excluding hydrogens is 246 g/mol. The van der Waals surface area contributed by atoms with Crippen molar-refractivity contribution in [2.45, 2.75) is 36.9 Å². The average Bonchev–Trinajstić information content (AvgIpc) is 2.65. The minimum atomic E-state index is -3.47. The summed E-state index contributed by atoms with van der Waals surface area (Å²) in [5.74, 6) is -1.58. The molecule has 0 aromatic heterocycles. The van der Waals surface area contributed by atoms with Crippen LogP contribution in [-0.2, 0) is 19.4 Å². The van der Waals surface area contributed by atoms with Gasteiger partial charge in [-0.25, -0.2) is 8.42 Å². The number of amides is 1. The highest BCUT2D eigenvalue weighted by molar-refractivity contribution is 7.92. The van der Waals surface area contributed by atoms with Gasteiger partial charge in [0.05, 0.1) is 6.42 Å². The molecule has 0 aliphatic heterocycles. The van der Waals surface area contributed by atoms with Gasteiger partial charge < -0.3 is 10.4 Å². The van der Waals surface area contributed by atoms with Crippen LogP contribution in [0.4, 0.5) is 0 Å². The summed E-state index contributed by atoms with van der Waals surface area (Å²) in [6, 6.07) is 0. The van der Waals surface area contributed by atoms with Crippen LogP contribution >= 0.6 is 0 Å². The van der Waals surface area contributed by atoms with E-state index in [1.165, 1.54) is 0 Å². The average molecular weight is 263 g/mol. The Balaban J connectivity index is 2.73. The van der Waals surface area contributed by atoms with Crippen molar-refractivity contribution in [3.05, 3.63) is 0 Å². The molecule has 0 radical (unpaired) electrons. The molecule has 7 heteroatoms. The van der Waals surface area contributed by atoms with Crippen molar-refractivity contribution in [2.75, 3.05) is 12.8 Å². The zero-order valence-corrected chi connectivity index (χ0v) is 10.5. The van der Waals surface area contributed by atoms with Crippen molar-refractivity contribution in [1.29, 1.82) is 0 Å². The van der Waals surface area contributed by atoms with Crippen LogP contribution in [0.5, 0.6) is 0 Å². The molecule has 0 bridgehead atoms. The van der Waals surface area contributed by atoms with Gasteiger partial charge in [-0.05, 0) is 12.8 Å². The normalized spacial score (nSPS) is 18.9. The number of carboxylic acids is 1. The molecule has 1 aliphatic carbocycles. The van der Waals surface area contributed by atoms with Gasteiger partial charge in [0.2, 0.25) is 5.91 Å². The zero-order chi connectivity index (χ0) is 13.1. The minimum absolute atomic E-state index is 0.0363. The Hall–Kier alpha value is -1.11. The van der Waals surface area contributed by atoms with Crippen LogP contribution in [0.15, 0.2) is 0 Å². The van der Waals surface area contributed by atoms with Gasteiger partial charge in [0.25, 0.3) is 0 Å². The van der Waals surface area contributed by atoms with Crippen LogP contribution in [0.1, 0.15) is 32.1 Å². The van der Waals surface area contributed by atoms with Crippen LogP contribution in [0, 0.1) is 0 Å². The molecule has 1 amide bonds. The van der Waals surface area contributed by atoms with Gasteiger partial charge in [0.15, 0.2) is 9.84 Å². The lowest BCUT2D eigenvalue weighted by molar-refractivity contribution is -0.137. The maximum atomic E-state index is 11.9. The Morgan fingerprint density at radius 3 is 2.24 bits per heavy atom. The Labute approximate surface area is 100 Å². The molecule has 0 spiro atoms. The summed E-state index contributed by atoms with van der Waals surface area (Å²) in [7, 11) is -3.47. The third-order valence-electron chi connectivity index (χ3n) is 3.16. The third-order valence-corrected chi connectivity index (χ3v) is 5.17. The standard InChI is InChI=1S/C10H17NO5S/c1-17(15,16)10(5-2-3-6-10)9(14)11-7-4-8(12)13/h2-7H2,1H3,(H,11,14)(H,12,13). The summed E-state index contributed by atoms with van der Waals surface area (Å²) in [6.07, 6.45) is 2.93. The van der Waals surface area contributed by atoms with Crippen LogP contribution in [0.25, 0.3) is 0 Å². The third kappa shape index (κ3) is 2.96. The number of carbonyl (C=O) groups excluding carboxylic acids is 1. The summed E-state index contributed by atoms with van der Waals surface area (Å²) in [6.45, 7) is -0.0363. The summed E-state index contributed by atoms with van der Waals surface area (Å²) in [5, 5.41) is 10.9. The Bertz CT molecular complexity index is 408. The lowest BCUT2D eigenvalue weighted by Gasteiger charge is -2.25. The molecule has 0 atom stereocenters. The molecule has 1 fully saturated rings. The summed E-state index contributed by atoms with van der Waals surface area (Å²) in [5.41, 5.74) is 0. The predicted molar refractivity (Wildman–Crippen MR) is 61.3 cm³/mol. The number of carbonyl (C=O) groups is 2. The van der Waals surface area contributed by atoms with E-state index in [1.54, 1.807) is 0 Å². The number of nitrogens with one attached hydrogen (secondary N) is 1. The Morgan fingerprint density at radius 2 is 1.82 bits per heavy atom. The number of hydrogen-bond donors (Lipinski definition) is 2. The van der Waals surface area contributed by atoms with E-state index < -0.39 is 26.5 Å². The maximum Gasteiger partial charge on any atom is 0.305 e. The number of rotatable bonds is 5. The van der Waals surface area contributed by atoms with E-state index >= 15 is 0 Å². The van der Waals surface area contributed by atoms with E-state index in [-0.39, 0.29) is 13.0 Å². The van der Waals surface area contributed by atoms with Gasteiger partial charge in [0.1, 0.15) is 4.75 Å². The smallest absolute Gasteiger partial charge is 0.305 e. The van der Waals surface area contributed by atoms with E-state index in [9.17, 15) is 18.0 Å². The second kappa shape index (κ2) is 5.03. The number of carboxylic acid groups (broad SMARTS) is 1. The van der Waals surface area contributed by atoms with Gasteiger partial charge in [-0.3, -0.25) is 9.59 Å². The zero-order valence-electron chi connectivity index (χ0n) is 9.73. The van der Waals surface area contributed by atoms with Gasteiger partial charge in [-0.15, -0.1) is 0 Å². The van der Waals surface area contributed by atoms with Crippen LogP contribution in [0.2, 0.25) is 0 Å². The number of aliphatic carboxylic acids is 1. The van der Waals surface area contributed by atoms with Crippen molar-refractivity contribution in [1.82, 2.24) is 5.32 Å². The van der Waals surface area contributed by atoms with E-state index in [0.717, 1.165) is 6.26 Å². The summed E-state index contributed by atoms with van der Waals surface area (Å²) >= 11 is 0. The molecule has 1 aliphatic rings. The first kappa shape index (κ1) is 14.0. The fraction of sp³-hybridized carbons (Fsp3) is 0.800. The van der Waals surface area contributed by atoms with Gasteiger partial charge in [-0.2, -0.15) is 0 Å². The summed E-state index contributed by atoms with van der Waals surface area (Å²) in [4.78, 5) is 22.2. The second-order valence-corrected chi connectivity index (χ2v) is 6.70. The first-order valence-electron chi connectivity index (χ1n) is 5.49. The van der Waals surface area contributed by atoms with Crippen molar-refractivity contribution in [3.63, 3.8) is 0 Å². The van der Waals surface area contributed by atoms with E-state index in [4.69, 9.17) is 5.11 Å². The quantitative estimate of drug-likeness (QED) is 0.723. The second-order valence-electron chi connectivity index (χ2n) is 4.37. The maximum absolute atomic E-state index is 11.9. The van der Waals surface area contributed by atoms with E-state index in [2.05, 4.69) is 5.32 Å². The monoisotopic (exact) mass is 263 g/mol. The summed E-state index contributed by atoms with van der Waals surface area (Å²) < 4.78 is 22.1. The predicted octanol–water partition coefficient (Wildman–Crippen LogP) is -0.0653. The minimum Gasteiger partial charge on any atom is -0.481 e. The molecule has 98 valence electrons. The van der Waals surface area contributed by atoms with Gasteiger partial charge in [-0.1, -0.05) is 12.8 Å². The van der Waals surface area contributed by atoms with E-state index in [0.29, 0.717) is 25.7 Å². The van der Waals surface area contributed by atoms with Crippen molar-refractivity contribution < 1.29 is 23.1 Å². The lowest BCUT2D eigenvalue weighted by atomic mass is 10.1. The van der Waals surface area contributed by atoms with Gasteiger partial charge in [0, 0.05) is 12.8 Å². The van der Waals surface area contributed by atoms with Crippen LogP contribution < -0.4 is 5.32 Å². The molecule has 1 rings (SSSR count). The Kier molecular flexibility index (Phi) is 4.13. The molecule has 0 saturated heterocycles. The molecule has 2 N–H and O–H groups in total. The highest BCUT2D eigenvalue weighted by atomic mass is 32.2. The fourth-order valence-corrected chi connectivity index (χ4v) is 3.60. The highest BCUT2D eigenvalue weighted by Crippen LogP contribution is 2.36. The van der Waals surface area contributed by atoms with Crippen LogP contribution in [0.3, 0.4) is 0 Å². The largest absolute Gasteiger partial charge is 0.481 e. The highest BCUT2D eigenvalue weighted by Gasteiger charge is 2.49. The van der Waals surface area contributed by atoms with Crippen molar-refractivity contribution in [2.24, 2.45) is 0 Å². The molecule has 17 heavy (non-hydrogen) atoms. The van der Waals surface area contributed by atoms with Crippen LogP contribution in [-0.4, -0.2) is 42.9 Å². The van der Waals surface area contributed by atoms with E-state index in [1.807, 2.05) is 0 Å². The molecular formula is C10H17NO5S. The fourth-order valence-electron chi connectivity index (χ4n) is 2.16. The SMILES string of the molecule is CS(=O)(=O)C1(C(=O)NCCC(=O)O)CCCC1. The topological polar surface area (TPSA) is 101 Å².